The molecule has 1 atom stereocenters. The second-order valence-corrected chi connectivity index (χ2v) is 2.15. The summed E-state index contributed by atoms with van der Waals surface area (Å²) >= 11 is 0. The SMILES string of the molecule is O=C(O)COC1CCOC1=O. The Morgan fingerprint density at radius 1 is 1.82 bits per heavy atom. The van der Waals surface area contributed by atoms with Gasteiger partial charge in [-0.25, -0.2) is 9.59 Å². The molecule has 5 nitrogen and oxygen atoms in total. The monoisotopic (exact) mass is 160 g/mol. The van der Waals surface area contributed by atoms with E-state index >= 15 is 0 Å². The maximum atomic E-state index is 10.6. The fourth-order valence-electron chi connectivity index (χ4n) is 0.801. The van der Waals surface area contributed by atoms with Gasteiger partial charge in [-0.3, -0.25) is 0 Å². The standard InChI is InChI=1S/C6H8O5/c7-5(8)3-11-4-1-2-10-6(4)9/h4H,1-3H2,(H,7,8). The molecule has 0 radical (unpaired) electrons. The summed E-state index contributed by atoms with van der Waals surface area (Å²) in [6, 6.07) is 0. The molecule has 0 bridgehead atoms. The Labute approximate surface area is 62.9 Å². The first-order valence-electron chi connectivity index (χ1n) is 3.20. The molecule has 0 aromatic heterocycles. The van der Waals surface area contributed by atoms with Crippen LogP contribution in [0.3, 0.4) is 0 Å². The smallest absolute Gasteiger partial charge is 0.335 e. The van der Waals surface area contributed by atoms with Crippen molar-refractivity contribution in [2.24, 2.45) is 0 Å². The molecule has 1 N–H and O–H groups in total. The maximum absolute atomic E-state index is 10.6. The molecule has 1 heterocycles. The van der Waals surface area contributed by atoms with Crippen molar-refractivity contribution in [2.75, 3.05) is 13.2 Å². The Balaban J connectivity index is 2.26. The van der Waals surface area contributed by atoms with Crippen molar-refractivity contribution >= 4 is 11.9 Å². The van der Waals surface area contributed by atoms with E-state index in [1.807, 2.05) is 0 Å². The summed E-state index contributed by atoms with van der Waals surface area (Å²) in [5.74, 6) is -1.55. The van der Waals surface area contributed by atoms with Crippen LogP contribution in [0.1, 0.15) is 6.42 Å². The zero-order valence-corrected chi connectivity index (χ0v) is 5.78. The van der Waals surface area contributed by atoms with Crippen LogP contribution in [0.5, 0.6) is 0 Å². The highest BCUT2D eigenvalue weighted by molar-refractivity contribution is 5.77. The summed E-state index contributed by atoms with van der Waals surface area (Å²) in [4.78, 5) is 20.6. The predicted octanol–water partition coefficient (Wildman–Crippen LogP) is -0.597. The van der Waals surface area contributed by atoms with Gasteiger partial charge in [-0.2, -0.15) is 0 Å². The summed E-state index contributed by atoms with van der Waals surface area (Å²) in [7, 11) is 0. The number of carboxylic acid groups (broad SMARTS) is 1. The minimum absolute atomic E-state index is 0.323. The quantitative estimate of drug-likeness (QED) is 0.558. The molecule has 5 heteroatoms. The average Bonchev–Trinajstić information content (AvgIpc) is 2.31. The van der Waals surface area contributed by atoms with Gasteiger partial charge in [0.1, 0.15) is 6.61 Å². The van der Waals surface area contributed by atoms with Gasteiger partial charge in [-0.05, 0) is 0 Å². The molecule has 1 rings (SSSR count). The van der Waals surface area contributed by atoms with E-state index in [9.17, 15) is 9.59 Å². The third-order valence-electron chi connectivity index (χ3n) is 1.30. The largest absolute Gasteiger partial charge is 0.480 e. The predicted molar refractivity (Wildman–Crippen MR) is 33.0 cm³/mol. The van der Waals surface area contributed by atoms with Crippen LogP contribution in [0.4, 0.5) is 0 Å². The molecule has 1 fully saturated rings. The van der Waals surface area contributed by atoms with Crippen molar-refractivity contribution in [3.05, 3.63) is 0 Å². The van der Waals surface area contributed by atoms with E-state index in [1.54, 1.807) is 0 Å². The summed E-state index contributed by atoms with van der Waals surface area (Å²) < 4.78 is 9.24. The zero-order valence-electron chi connectivity index (χ0n) is 5.78. The number of aliphatic carboxylic acids is 1. The first-order valence-corrected chi connectivity index (χ1v) is 3.20. The molecule has 0 aliphatic carbocycles. The summed E-state index contributed by atoms with van der Waals surface area (Å²) in [6.45, 7) is -0.122. The van der Waals surface area contributed by atoms with Crippen LogP contribution in [0.2, 0.25) is 0 Å². The van der Waals surface area contributed by atoms with E-state index in [0.29, 0.717) is 13.0 Å². The number of esters is 1. The lowest BCUT2D eigenvalue weighted by Crippen LogP contribution is -2.22. The number of carboxylic acids is 1. The number of hydrogen-bond donors (Lipinski definition) is 1. The third-order valence-corrected chi connectivity index (χ3v) is 1.30. The van der Waals surface area contributed by atoms with Crippen LogP contribution < -0.4 is 0 Å². The summed E-state index contributed by atoms with van der Waals surface area (Å²) in [6.07, 6.45) is -0.224. The van der Waals surface area contributed by atoms with Crippen molar-refractivity contribution in [3.63, 3.8) is 0 Å². The molecule has 1 aliphatic heterocycles. The van der Waals surface area contributed by atoms with E-state index < -0.39 is 24.6 Å². The lowest BCUT2D eigenvalue weighted by Gasteiger charge is -2.03. The number of carbonyl (C=O) groups excluding carboxylic acids is 1. The van der Waals surface area contributed by atoms with Gasteiger partial charge in [0.2, 0.25) is 0 Å². The lowest BCUT2D eigenvalue weighted by molar-refractivity contribution is -0.152. The van der Waals surface area contributed by atoms with Gasteiger partial charge in [0.05, 0.1) is 6.61 Å². The molecular weight excluding hydrogens is 152 g/mol. The molecule has 1 unspecified atom stereocenters. The van der Waals surface area contributed by atoms with Crippen molar-refractivity contribution in [2.45, 2.75) is 12.5 Å². The Morgan fingerprint density at radius 3 is 3.00 bits per heavy atom. The van der Waals surface area contributed by atoms with Crippen molar-refractivity contribution < 1.29 is 24.2 Å². The van der Waals surface area contributed by atoms with Crippen LogP contribution in [-0.2, 0) is 19.1 Å². The Hall–Kier alpha value is -1.10. The molecule has 11 heavy (non-hydrogen) atoms. The van der Waals surface area contributed by atoms with Gasteiger partial charge < -0.3 is 14.6 Å². The van der Waals surface area contributed by atoms with E-state index in [4.69, 9.17) is 9.84 Å². The average molecular weight is 160 g/mol. The lowest BCUT2D eigenvalue weighted by atomic mass is 10.3. The molecule has 0 aromatic rings. The van der Waals surface area contributed by atoms with Gasteiger partial charge in [0, 0.05) is 6.42 Å². The molecular formula is C6H8O5. The number of cyclic esters (lactones) is 1. The highest BCUT2D eigenvalue weighted by atomic mass is 16.6. The molecule has 0 amide bonds. The van der Waals surface area contributed by atoms with E-state index in [2.05, 4.69) is 4.74 Å². The Bertz CT molecular complexity index is 176. The van der Waals surface area contributed by atoms with Crippen molar-refractivity contribution in [3.8, 4) is 0 Å². The molecule has 0 spiro atoms. The van der Waals surface area contributed by atoms with Crippen LogP contribution in [0, 0.1) is 0 Å². The van der Waals surface area contributed by atoms with E-state index in [0.717, 1.165) is 0 Å². The van der Waals surface area contributed by atoms with Gasteiger partial charge in [0.15, 0.2) is 6.10 Å². The van der Waals surface area contributed by atoms with Gasteiger partial charge in [0.25, 0.3) is 0 Å². The molecule has 62 valence electrons. The molecule has 1 saturated heterocycles. The number of carbonyl (C=O) groups is 2. The zero-order chi connectivity index (χ0) is 8.27. The molecule has 0 aromatic carbocycles. The minimum atomic E-state index is -1.08. The maximum Gasteiger partial charge on any atom is 0.335 e. The Kier molecular flexibility index (Phi) is 2.43. The summed E-state index contributed by atoms with van der Waals surface area (Å²) in [5, 5.41) is 8.18. The van der Waals surface area contributed by atoms with E-state index in [-0.39, 0.29) is 0 Å². The minimum Gasteiger partial charge on any atom is -0.480 e. The second-order valence-electron chi connectivity index (χ2n) is 2.15. The van der Waals surface area contributed by atoms with Gasteiger partial charge in [-0.15, -0.1) is 0 Å². The molecule has 0 saturated carbocycles. The normalized spacial score (nSPS) is 23.3. The van der Waals surface area contributed by atoms with E-state index in [1.165, 1.54) is 0 Å². The highest BCUT2D eigenvalue weighted by Crippen LogP contribution is 2.09. The van der Waals surface area contributed by atoms with Gasteiger partial charge in [-0.1, -0.05) is 0 Å². The van der Waals surface area contributed by atoms with Crippen molar-refractivity contribution in [1.82, 2.24) is 0 Å². The van der Waals surface area contributed by atoms with Crippen LogP contribution in [-0.4, -0.2) is 36.4 Å². The first-order chi connectivity index (χ1) is 5.20. The fraction of sp³-hybridized carbons (Fsp3) is 0.667. The second kappa shape index (κ2) is 3.34. The Morgan fingerprint density at radius 2 is 2.55 bits per heavy atom. The third kappa shape index (κ3) is 2.19. The number of rotatable bonds is 3. The first kappa shape index (κ1) is 8.00. The van der Waals surface area contributed by atoms with Crippen LogP contribution >= 0.6 is 0 Å². The van der Waals surface area contributed by atoms with Gasteiger partial charge >= 0.3 is 11.9 Å². The van der Waals surface area contributed by atoms with Crippen molar-refractivity contribution in [1.29, 1.82) is 0 Å². The van der Waals surface area contributed by atoms with Crippen LogP contribution in [0.15, 0.2) is 0 Å². The number of ether oxygens (including phenoxy) is 2. The fourth-order valence-corrected chi connectivity index (χ4v) is 0.801. The molecule has 1 aliphatic rings. The van der Waals surface area contributed by atoms with Crippen LogP contribution in [0.25, 0.3) is 0 Å². The number of hydrogen-bond acceptors (Lipinski definition) is 4. The topological polar surface area (TPSA) is 72.8 Å². The highest BCUT2D eigenvalue weighted by Gasteiger charge is 2.27. The summed E-state index contributed by atoms with van der Waals surface area (Å²) in [5.41, 5.74) is 0.